The Morgan fingerprint density at radius 3 is 2.81 bits per heavy atom. The summed E-state index contributed by atoms with van der Waals surface area (Å²) in [5.41, 5.74) is 7.22. The molecule has 1 amide bonds. The molecule has 4 nitrogen and oxygen atoms in total. The van der Waals surface area contributed by atoms with Crippen molar-refractivity contribution in [3.63, 3.8) is 0 Å². The molecule has 86 valence electrons. The molecule has 1 aromatic rings. The van der Waals surface area contributed by atoms with Crippen molar-refractivity contribution in [1.82, 2.24) is 10.2 Å². The number of benzene rings is 1. The molecule has 0 aliphatic carbocycles. The molecule has 0 bridgehead atoms. The molecule has 1 aliphatic rings. The fourth-order valence-electron chi connectivity index (χ4n) is 1.93. The van der Waals surface area contributed by atoms with E-state index in [9.17, 15) is 4.79 Å². The third-order valence-electron chi connectivity index (χ3n) is 2.80. The van der Waals surface area contributed by atoms with Gasteiger partial charge in [-0.2, -0.15) is 0 Å². The lowest BCUT2D eigenvalue weighted by Crippen LogP contribution is -2.49. The van der Waals surface area contributed by atoms with Crippen LogP contribution in [0.4, 0.5) is 0 Å². The van der Waals surface area contributed by atoms with Crippen molar-refractivity contribution >= 4 is 5.91 Å². The Morgan fingerprint density at radius 2 is 2.12 bits per heavy atom. The number of nitrogens with zero attached hydrogens (tertiary/aromatic N) is 1. The maximum Gasteiger partial charge on any atom is 0.234 e. The van der Waals surface area contributed by atoms with E-state index in [0.29, 0.717) is 6.54 Å². The van der Waals surface area contributed by atoms with E-state index in [0.717, 1.165) is 25.2 Å². The van der Waals surface area contributed by atoms with Crippen LogP contribution in [0.2, 0.25) is 0 Å². The van der Waals surface area contributed by atoms with Crippen molar-refractivity contribution in [2.24, 2.45) is 5.73 Å². The highest BCUT2D eigenvalue weighted by atomic mass is 16.2. The van der Waals surface area contributed by atoms with E-state index in [2.05, 4.69) is 10.2 Å². The summed E-state index contributed by atoms with van der Waals surface area (Å²) in [5, 5.41) is 2.80. The van der Waals surface area contributed by atoms with Gasteiger partial charge in [0.05, 0.1) is 6.54 Å². The van der Waals surface area contributed by atoms with Gasteiger partial charge in [-0.1, -0.05) is 30.3 Å². The van der Waals surface area contributed by atoms with Crippen molar-refractivity contribution in [3.05, 3.63) is 35.9 Å². The molecule has 0 aromatic heterocycles. The van der Waals surface area contributed by atoms with Gasteiger partial charge in [0.15, 0.2) is 0 Å². The number of amides is 1. The zero-order chi connectivity index (χ0) is 11.4. The maximum atomic E-state index is 11.2. The highest BCUT2D eigenvalue weighted by Crippen LogP contribution is 2.11. The first kappa shape index (κ1) is 11.1. The number of rotatable bonds is 3. The summed E-state index contributed by atoms with van der Waals surface area (Å²) >= 11 is 0. The zero-order valence-electron chi connectivity index (χ0n) is 9.23. The van der Waals surface area contributed by atoms with Gasteiger partial charge in [0.25, 0.3) is 0 Å². The fourth-order valence-corrected chi connectivity index (χ4v) is 1.93. The topological polar surface area (TPSA) is 58.4 Å². The third-order valence-corrected chi connectivity index (χ3v) is 2.80. The predicted molar refractivity (Wildman–Crippen MR) is 62.8 cm³/mol. The van der Waals surface area contributed by atoms with Crippen LogP contribution in [0.25, 0.3) is 0 Å². The summed E-state index contributed by atoms with van der Waals surface area (Å²) in [5.74, 6) is 0.0894. The lowest BCUT2D eigenvalue weighted by Gasteiger charge is -2.28. The van der Waals surface area contributed by atoms with Crippen LogP contribution >= 0.6 is 0 Å². The highest BCUT2D eigenvalue weighted by Gasteiger charge is 2.18. The number of carbonyl (C=O) groups excluding carboxylic acids is 1. The van der Waals surface area contributed by atoms with E-state index in [4.69, 9.17) is 5.73 Å². The quantitative estimate of drug-likeness (QED) is 0.759. The van der Waals surface area contributed by atoms with Gasteiger partial charge in [-0.3, -0.25) is 9.69 Å². The first-order valence-electron chi connectivity index (χ1n) is 5.55. The Balaban J connectivity index is 1.92. The molecule has 1 saturated heterocycles. The van der Waals surface area contributed by atoms with Crippen molar-refractivity contribution in [3.8, 4) is 0 Å². The second kappa shape index (κ2) is 5.09. The SMILES string of the molecule is NC(CN1CCNC(=O)C1)c1ccccc1. The van der Waals surface area contributed by atoms with Crippen LogP contribution in [-0.4, -0.2) is 37.0 Å². The van der Waals surface area contributed by atoms with Gasteiger partial charge in [0.2, 0.25) is 5.91 Å². The molecule has 1 fully saturated rings. The van der Waals surface area contributed by atoms with Gasteiger partial charge in [0, 0.05) is 25.7 Å². The normalized spacial score (nSPS) is 19.2. The van der Waals surface area contributed by atoms with E-state index in [1.54, 1.807) is 0 Å². The molecule has 1 unspecified atom stereocenters. The molecular weight excluding hydrogens is 202 g/mol. The average molecular weight is 219 g/mol. The van der Waals surface area contributed by atoms with Crippen molar-refractivity contribution < 1.29 is 4.79 Å². The second-order valence-corrected chi connectivity index (χ2v) is 4.10. The van der Waals surface area contributed by atoms with Crippen LogP contribution in [-0.2, 0) is 4.79 Å². The monoisotopic (exact) mass is 219 g/mol. The van der Waals surface area contributed by atoms with Crippen LogP contribution in [0.5, 0.6) is 0 Å². The Kier molecular flexibility index (Phi) is 3.54. The van der Waals surface area contributed by atoms with Gasteiger partial charge >= 0.3 is 0 Å². The van der Waals surface area contributed by atoms with Crippen LogP contribution in [0.3, 0.4) is 0 Å². The molecule has 0 radical (unpaired) electrons. The molecule has 1 aromatic carbocycles. The molecule has 3 N–H and O–H groups in total. The molecule has 0 spiro atoms. The minimum Gasteiger partial charge on any atom is -0.354 e. The largest absolute Gasteiger partial charge is 0.354 e. The fraction of sp³-hybridized carbons (Fsp3) is 0.417. The lowest BCUT2D eigenvalue weighted by molar-refractivity contribution is -0.124. The van der Waals surface area contributed by atoms with Crippen LogP contribution < -0.4 is 11.1 Å². The summed E-state index contributed by atoms with van der Waals surface area (Å²) in [4.78, 5) is 13.3. The number of hydrogen-bond donors (Lipinski definition) is 2. The molecule has 2 rings (SSSR count). The summed E-state index contributed by atoms with van der Waals surface area (Å²) < 4.78 is 0. The minimum atomic E-state index is -0.0212. The molecule has 1 aliphatic heterocycles. The highest BCUT2D eigenvalue weighted by molar-refractivity contribution is 5.78. The first-order valence-corrected chi connectivity index (χ1v) is 5.55. The van der Waals surface area contributed by atoms with Gasteiger partial charge in [-0.05, 0) is 5.56 Å². The van der Waals surface area contributed by atoms with Gasteiger partial charge in [-0.15, -0.1) is 0 Å². The van der Waals surface area contributed by atoms with Crippen molar-refractivity contribution in [1.29, 1.82) is 0 Å². The molecule has 1 heterocycles. The molecule has 16 heavy (non-hydrogen) atoms. The van der Waals surface area contributed by atoms with E-state index in [1.165, 1.54) is 0 Å². The number of nitrogens with two attached hydrogens (primary N) is 1. The van der Waals surface area contributed by atoms with Gasteiger partial charge in [0.1, 0.15) is 0 Å². The van der Waals surface area contributed by atoms with Crippen LogP contribution in [0.15, 0.2) is 30.3 Å². The van der Waals surface area contributed by atoms with Crippen LogP contribution in [0.1, 0.15) is 11.6 Å². The van der Waals surface area contributed by atoms with Gasteiger partial charge in [-0.25, -0.2) is 0 Å². The number of nitrogens with one attached hydrogen (secondary N) is 1. The summed E-state index contributed by atoms with van der Waals surface area (Å²) in [6, 6.07) is 9.97. The van der Waals surface area contributed by atoms with Gasteiger partial charge < -0.3 is 11.1 Å². The molecule has 4 heteroatoms. The van der Waals surface area contributed by atoms with Crippen molar-refractivity contribution in [2.45, 2.75) is 6.04 Å². The van der Waals surface area contributed by atoms with E-state index >= 15 is 0 Å². The standard InChI is InChI=1S/C12H17N3O/c13-11(10-4-2-1-3-5-10)8-15-7-6-14-12(16)9-15/h1-5,11H,6-9,13H2,(H,14,16). The Morgan fingerprint density at radius 1 is 1.38 bits per heavy atom. The van der Waals surface area contributed by atoms with Crippen molar-refractivity contribution in [2.75, 3.05) is 26.2 Å². The summed E-state index contributed by atoms with van der Waals surface area (Å²) in [7, 11) is 0. The van der Waals surface area contributed by atoms with E-state index in [-0.39, 0.29) is 11.9 Å². The molecular formula is C12H17N3O. The zero-order valence-corrected chi connectivity index (χ0v) is 9.23. The summed E-state index contributed by atoms with van der Waals surface area (Å²) in [6.45, 7) is 2.80. The Bertz CT molecular complexity index is 353. The van der Waals surface area contributed by atoms with Crippen LogP contribution in [0, 0.1) is 0 Å². The van der Waals surface area contributed by atoms with E-state index in [1.807, 2.05) is 30.3 Å². The second-order valence-electron chi connectivity index (χ2n) is 4.10. The number of carbonyl (C=O) groups is 1. The molecule has 0 saturated carbocycles. The third kappa shape index (κ3) is 2.81. The number of hydrogen-bond acceptors (Lipinski definition) is 3. The number of piperazine rings is 1. The smallest absolute Gasteiger partial charge is 0.234 e. The minimum absolute atomic E-state index is 0.0212. The molecule has 1 atom stereocenters. The lowest BCUT2D eigenvalue weighted by atomic mass is 10.1. The summed E-state index contributed by atoms with van der Waals surface area (Å²) in [6.07, 6.45) is 0. The Labute approximate surface area is 95.4 Å². The first-order chi connectivity index (χ1) is 7.75. The van der Waals surface area contributed by atoms with E-state index < -0.39 is 0 Å². The maximum absolute atomic E-state index is 11.2. The predicted octanol–water partition coefficient (Wildman–Crippen LogP) is 0.118. The Hall–Kier alpha value is -1.39. The average Bonchev–Trinajstić information content (AvgIpc) is 2.30.